The van der Waals surface area contributed by atoms with Crippen molar-refractivity contribution >= 4 is 24.2 Å². The molecule has 0 bridgehead atoms. The van der Waals surface area contributed by atoms with Crippen LogP contribution in [0.2, 0.25) is 0 Å². The molecule has 0 aromatic heterocycles. The van der Waals surface area contributed by atoms with Crippen molar-refractivity contribution in [3.63, 3.8) is 0 Å². The number of halogens is 1. The number of hydrogen-bond donors (Lipinski definition) is 2. The third kappa shape index (κ3) is 5.21. The van der Waals surface area contributed by atoms with Crippen molar-refractivity contribution in [3.8, 4) is 0 Å². The van der Waals surface area contributed by atoms with Gasteiger partial charge >= 0.3 is 0 Å². The number of nitrogens with zero attached hydrogens (tertiary/aromatic N) is 1. The monoisotopic (exact) mass is 379 g/mol. The Labute approximate surface area is 162 Å². The number of carbonyl (C=O) groups excluding carboxylic acids is 2. The van der Waals surface area contributed by atoms with Crippen molar-refractivity contribution in [1.29, 1.82) is 0 Å². The zero-order chi connectivity index (χ0) is 17.6. The first-order chi connectivity index (χ1) is 12.1. The lowest BCUT2D eigenvalue weighted by Gasteiger charge is -2.33. The van der Waals surface area contributed by atoms with Crippen LogP contribution in [0.25, 0.3) is 0 Å². The Kier molecular flexibility index (Phi) is 7.91. The van der Waals surface area contributed by atoms with E-state index in [0.29, 0.717) is 37.8 Å². The zero-order valence-electron chi connectivity index (χ0n) is 15.4. The van der Waals surface area contributed by atoms with E-state index in [-0.39, 0.29) is 30.3 Å². The van der Waals surface area contributed by atoms with Gasteiger partial charge in [-0.1, -0.05) is 37.3 Å². The minimum atomic E-state index is -0.159. The van der Waals surface area contributed by atoms with E-state index < -0.39 is 0 Å². The van der Waals surface area contributed by atoms with Gasteiger partial charge in [-0.25, -0.2) is 0 Å². The number of benzene rings is 1. The van der Waals surface area contributed by atoms with E-state index in [1.807, 2.05) is 35.2 Å². The number of piperidine rings is 1. The van der Waals surface area contributed by atoms with Gasteiger partial charge in [0.25, 0.3) is 0 Å². The molecule has 2 heterocycles. The van der Waals surface area contributed by atoms with Crippen LogP contribution in [0, 0.1) is 11.8 Å². The third-order valence-corrected chi connectivity index (χ3v) is 5.57. The van der Waals surface area contributed by atoms with E-state index in [0.717, 1.165) is 18.7 Å². The highest BCUT2D eigenvalue weighted by atomic mass is 35.5. The molecule has 2 N–H and O–H groups in total. The first kappa shape index (κ1) is 20.7. The Morgan fingerprint density at radius 3 is 2.73 bits per heavy atom. The fourth-order valence-electron chi connectivity index (χ4n) is 4.02. The second kappa shape index (κ2) is 9.93. The van der Waals surface area contributed by atoms with Gasteiger partial charge in [0.2, 0.25) is 11.8 Å². The minimum Gasteiger partial charge on any atom is -0.354 e. The summed E-state index contributed by atoms with van der Waals surface area (Å²) in [7, 11) is 0. The number of carbonyl (C=O) groups is 2. The molecule has 144 valence electrons. The Hall–Kier alpha value is -1.59. The lowest BCUT2D eigenvalue weighted by Crippen LogP contribution is -2.39. The summed E-state index contributed by atoms with van der Waals surface area (Å²) in [4.78, 5) is 27.0. The van der Waals surface area contributed by atoms with Gasteiger partial charge in [0, 0.05) is 19.5 Å². The summed E-state index contributed by atoms with van der Waals surface area (Å²) < 4.78 is 0. The summed E-state index contributed by atoms with van der Waals surface area (Å²) in [6, 6.07) is 9.77. The predicted octanol–water partition coefficient (Wildman–Crippen LogP) is 2.52. The molecule has 1 aromatic rings. The van der Waals surface area contributed by atoms with Gasteiger partial charge in [-0.15, -0.1) is 12.4 Å². The maximum atomic E-state index is 13.1. The summed E-state index contributed by atoms with van der Waals surface area (Å²) >= 11 is 0. The summed E-state index contributed by atoms with van der Waals surface area (Å²) in [5.41, 5.74) is 1.04. The maximum Gasteiger partial charge on any atom is 0.223 e. The van der Waals surface area contributed by atoms with Gasteiger partial charge in [0.1, 0.15) is 0 Å². The minimum absolute atomic E-state index is 0. The average Bonchev–Trinajstić information content (AvgIpc) is 2.84. The van der Waals surface area contributed by atoms with E-state index in [2.05, 4.69) is 17.6 Å². The first-order valence-corrected chi connectivity index (χ1v) is 9.47. The quantitative estimate of drug-likeness (QED) is 0.845. The molecule has 3 rings (SSSR count). The van der Waals surface area contributed by atoms with Gasteiger partial charge in [-0.3, -0.25) is 9.59 Å². The standard InChI is InChI=1S/C20H29N3O2.ClH/c1-15(17-8-5-9-21-14-17)12-20(25)23-11-10-22-19(24)13-18(23)16-6-3-2-4-7-16;/h2-4,6-7,15,17-18,21H,5,8-14H2,1H3,(H,22,24);1H. The molecule has 2 aliphatic rings. The van der Waals surface area contributed by atoms with Crippen LogP contribution in [0.4, 0.5) is 0 Å². The lowest BCUT2D eigenvalue weighted by molar-refractivity contribution is -0.135. The van der Waals surface area contributed by atoms with Crippen molar-refractivity contribution in [2.24, 2.45) is 11.8 Å². The maximum absolute atomic E-state index is 13.1. The molecule has 2 saturated heterocycles. The Morgan fingerprint density at radius 2 is 2.04 bits per heavy atom. The van der Waals surface area contributed by atoms with E-state index in [9.17, 15) is 9.59 Å². The van der Waals surface area contributed by atoms with Crippen LogP contribution in [0.5, 0.6) is 0 Å². The Balaban J connectivity index is 0.00000243. The van der Waals surface area contributed by atoms with Crippen molar-refractivity contribution in [2.45, 2.75) is 38.6 Å². The van der Waals surface area contributed by atoms with Crippen molar-refractivity contribution in [2.75, 3.05) is 26.2 Å². The molecule has 0 aliphatic carbocycles. The Bertz CT molecular complexity index is 590. The Morgan fingerprint density at radius 1 is 1.27 bits per heavy atom. The highest BCUT2D eigenvalue weighted by molar-refractivity contribution is 5.85. The second-order valence-electron chi connectivity index (χ2n) is 7.36. The average molecular weight is 380 g/mol. The fourth-order valence-corrected chi connectivity index (χ4v) is 4.02. The molecule has 0 spiro atoms. The molecular formula is C20H30ClN3O2. The topological polar surface area (TPSA) is 61.4 Å². The first-order valence-electron chi connectivity index (χ1n) is 9.47. The summed E-state index contributed by atoms with van der Waals surface area (Å²) in [5.74, 6) is 1.13. The second-order valence-corrected chi connectivity index (χ2v) is 7.36. The molecule has 2 aliphatic heterocycles. The number of rotatable bonds is 4. The lowest BCUT2D eigenvalue weighted by atomic mass is 9.85. The van der Waals surface area contributed by atoms with Crippen molar-refractivity contribution < 1.29 is 9.59 Å². The zero-order valence-corrected chi connectivity index (χ0v) is 16.3. The smallest absolute Gasteiger partial charge is 0.223 e. The SMILES string of the molecule is CC(CC(=O)N1CCNC(=O)CC1c1ccccc1)C1CCCNC1.Cl. The summed E-state index contributed by atoms with van der Waals surface area (Å²) in [6.07, 6.45) is 3.29. The predicted molar refractivity (Wildman–Crippen MR) is 105 cm³/mol. The van der Waals surface area contributed by atoms with Crippen molar-refractivity contribution in [3.05, 3.63) is 35.9 Å². The number of amides is 2. The van der Waals surface area contributed by atoms with Crippen LogP contribution in [-0.4, -0.2) is 42.9 Å². The van der Waals surface area contributed by atoms with Gasteiger partial charge in [0.05, 0.1) is 12.5 Å². The largest absolute Gasteiger partial charge is 0.354 e. The fraction of sp³-hybridized carbons (Fsp3) is 0.600. The molecule has 3 atom stereocenters. The van der Waals surface area contributed by atoms with Crippen LogP contribution in [0.3, 0.4) is 0 Å². The van der Waals surface area contributed by atoms with E-state index >= 15 is 0 Å². The molecule has 26 heavy (non-hydrogen) atoms. The van der Waals surface area contributed by atoms with Crippen molar-refractivity contribution in [1.82, 2.24) is 15.5 Å². The number of hydrogen-bond acceptors (Lipinski definition) is 3. The van der Waals surface area contributed by atoms with Crippen LogP contribution in [0.15, 0.2) is 30.3 Å². The summed E-state index contributed by atoms with van der Waals surface area (Å²) in [5, 5.41) is 6.34. The molecule has 2 fully saturated rings. The van der Waals surface area contributed by atoms with Gasteiger partial charge < -0.3 is 15.5 Å². The third-order valence-electron chi connectivity index (χ3n) is 5.57. The number of nitrogens with one attached hydrogen (secondary N) is 2. The highest BCUT2D eigenvalue weighted by Crippen LogP contribution is 2.29. The molecule has 2 amide bonds. The normalized spacial score (nSPS) is 24.8. The van der Waals surface area contributed by atoms with E-state index in [4.69, 9.17) is 0 Å². The van der Waals surface area contributed by atoms with Gasteiger partial charge in [-0.2, -0.15) is 0 Å². The highest BCUT2D eigenvalue weighted by Gasteiger charge is 2.31. The van der Waals surface area contributed by atoms with Gasteiger partial charge in [0.15, 0.2) is 0 Å². The van der Waals surface area contributed by atoms with Crippen LogP contribution < -0.4 is 10.6 Å². The molecular weight excluding hydrogens is 350 g/mol. The molecule has 0 saturated carbocycles. The molecule has 3 unspecified atom stereocenters. The molecule has 1 aromatic carbocycles. The van der Waals surface area contributed by atoms with Crippen LogP contribution >= 0.6 is 12.4 Å². The van der Waals surface area contributed by atoms with Crippen LogP contribution in [-0.2, 0) is 9.59 Å². The molecule has 5 nitrogen and oxygen atoms in total. The molecule has 0 radical (unpaired) electrons. The van der Waals surface area contributed by atoms with E-state index in [1.165, 1.54) is 12.8 Å². The van der Waals surface area contributed by atoms with E-state index in [1.54, 1.807) is 0 Å². The van der Waals surface area contributed by atoms with Gasteiger partial charge in [-0.05, 0) is 43.3 Å². The summed E-state index contributed by atoms with van der Waals surface area (Å²) in [6.45, 7) is 5.41. The molecule has 6 heteroatoms. The van der Waals surface area contributed by atoms with Crippen LogP contribution in [0.1, 0.15) is 44.2 Å².